The summed E-state index contributed by atoms with van der Waals surface area (Å²) in [6, 6.07) is 4.41. The van der Waals surface area contributed by atoms with E-state index in [1.165, 1.54) is 6.33 Å². The van der Waals surface area contributed by atoms with E-state index in [9.17, 15) is 0 Å². The first-order valence-corrected chi connectivity index (χ1v) is 7.49. The molecule has 1 aliphatic carbocycles. The van der Waals surface area contributed by atoms with Crippen molar-refractivity contribution in [1.82, 2.24) is 19.5 Å². The average Bonchev–Trinajstić information content (AvgIpc) is 2.88. The summed E-state index contributed by atoms with van der Waals surface area (Å²) >= 11 is 0. The minimum Gasteiger partial charge on any atom is -0.383 e. The van der Waals surface area contributed by atoms with Crippen LogP contribution in [0.1, 0.15) is 18.9 Å². The van der Waals surface area contributed by atoms with Crippen LogP contribution in [0, 0.1) is 5.92 Å². The van der Waals surface area contributed by atoms with Gasteiger partial charge in [0.15, 0.2) is 0 Å². The van der Waals surface area contributed by atoms with Gasteiger partial charge in [0.2, 0.25) is 0 Å². The molecule has 1 aliphatic rings. The minimum absolute atomic E-state index is 0.445. The van der Waals surface area contributed by atoms with E-state index in [0.29, 0.717) is 17.8 Å². The highest BCUT2D eigenvalue weighted by Gasteiger charge is 2.31. The quantitative estimate of drug-likeness (QED) is 0.770. The van der Waals surface area contributed by atoms with E-state index in [2.05, 4.69) is 25.7 Å². The van der Waals surface area contributed by atoms with Gasteiger partial charge < -0.3 is 16.0 Å². The van der Waals surface area contributed by atoms with Gasteiger partial charge in [-0.05, 0) is 43.0 Å². The standard InChI is InChI=1S/C16H18N6/c17-7-10-5-12(6-10)22-8-13(11-1-3-19-4-2-11)14-15(18)20-9-21-16(14)22/h1-4,8-10,12H,5-7,17H2,(H2,18,20,21). The van der Waals surface area contributed by atoms with E-state index < -0.39 is 0 Å². The predicted octanol–water partition coefficient (Wildman–Crippen LogP) is 1.99. The molecule has 6 heteroatoms. The van der Waals surface area contributed by atoms with Crippen molar-refractivity contribution < 1.29 is 0 Å². The predicted molar refractivity (Wildman–Crippen MR) is 86.0 cm³/mol. The number of pyridine rings is 1. The molecule has 3 aromatic heterocycles. The molecule has 0 radical (unpaired) electrons. The lowest BCUT2D eigenvalue weighted by Crippen LogP contribution is -2.31. The molecule has 4 rings (SSSR count). The molecule has 22 heavy (non-hydrogen) atoms. The third kappa shape index (κ3) is 1.95. The fraction of sp³-hybridized carbons (Fsp3) is 0.312. The van der Waals surface area contributed by atoms with Gasteiger partial charge in [0, 0.05) is 30.2 Å². The Hall–Kier alpha value is -2.47. The molecule has 4 N–H and O–H groups in total. The number of nitrogens with two attached hydrogens (primary N) is 2. The highest BCUT2D eigenvalue weighted by molar-refractivity contribution is 6.00. The van der Waals surface area contributed by atoms with Crippen molar-refractivity contribution in [3.05, 3.63) is 37.1 Å². The average molecular weight is 294 g/mol. The molecule has 0 bridgehead atoms. The van der Waals surface area contributed by atoms with E-state index in [-0.39, 0.29) is 0 Å². The summed E-state index contributed by atoms with van der Waals surface area (Å²) in [5.41, 5.74) is 14.9. The van der Waals surface area contributed by atoms with E-state index >= 15 is 0 Å². The van der Waals surface area contributed by atoms with Crippen LogP contribution in [0.4, 0.5) is 5.82 Å². The van der Waals surface area contributed by atoms with Crippen LogP contribution in [0.15, 0.2) is 37.1 Å². The second kappa shape index (κ2) is 5.06. The first-order valence-electron chi connectivity index (χ1n) is 7.49. The van der Waals surface area contributed by atoms with Gasteiger partial charge in [0.1, 0.15) is 17.8 Å². The monoisotopic (exact) mass is 294 g/mol. The van der Waals surface area contributed by atoms with Crippen LogP contribution >= 0.6 is 0 Å². The van der Waals surface area contributed by atoms with Crippen molar-refractivity contribution in [2.45, 2.75) is 18.9 Å². The van der Waals surface area contributed by atoms with Crippen LogP contribution in [0.5, 0.6) is 0 Å². The van der Waals surface area contributed by atoms with Gasteiger partial charge in [-0.3, -0.25) is 4.98 Å². The molecule has 0 atom stereocenters. The van der Waals surface area contributed by atoms with E-state index in [0.717, 1.165) is 41.5 Å². The lowest BCUT2D eigenvalue weighted by atomic mass is 9.80. The third-order valence-electron chi connectivity index (χ3n) is 4.57. The summed E-state index contributed by atoms with van der Waals surface area (Å²) in [4.78, 5) is 12.7. The van der Waals surface area contributed by atoms with E-state index in [1.807, 2.05) is 12.1 Å². The number of nitrogens with zero attached hydrogens (tertiary/aromatic N) is 4. The Morgan fingerprint density at radius 1 is 1.18 bits per heavy atom. The van der Waals surface area contributed by atoms with Crippen molar-refractivity contribution in [2.75, 3.05) is 12.3 Å². The fourth-order valence-electron chi connectivity index (χ4n) is 3.26. The molecular weight excluding hydrogens is 276 g/mol. The summed E-state index contributed by atoms with van der Waals surface area (Å²) in [7, 11) is 0. The van der Waals surface area contributed by atoms with E-state index in [1.54, 1.807) is 12.4 Å². The Kier molecular flexibility index (Phi) is 3.04. The second-order valence-electron chi connectivity index (χ2n) is 5.87. The maximum absolute atomic E-state index is 6.12. The molecule has 0 aliphatic heterocycles. The maximum Gasteiger partial charge on any atom is 0.146 e. The van der Waals surface area contributed by atoms with Crippen molar-refractivity contribution in [1.29, 1.82) is 0 Å². The van der Waals surface area contributed by atoms with Gasteiger partial charge in [-0.1, -0.05) is 0 Å². The van der Waals surface area contributed by atoms with Crippen LogP contribution in [0.25, 0.3) is 22.2 Å². The zero-order valence-corrected chi connectivity index (χ0v) is 12.2. The number of aromatic nitrogens is 4. The van der Waals surface area contributed by atoms with Gasteiger partial charge in [0.25, 0.3) is 0 Å². The molecular formula is C16H18N6. The largest absolute Gasteiger partial charge is 0.383 e. The number of anilines is 1. The molecule has 3 aromatic rings. The number of hydrogen-bond donors (Lipinski definition) is 2. The Bertz CT molecular complexity index is 804. The van der Waals surface area contributed by atoms with Crippen LogP contribution in [0.3, 0.4) is 0 Å². The summed E-state index contributed by atoms with van der Waals surface area (Å²) in [6.45, 7) is 0.754. The van der Waals surface area contributed by atoms with Crippen molar-refractivity contribution >= 4 is 16.9 Å². The normalized spacial score (nSPS) is 21.0. The molecule has 0 unspecified atom stereocenters. The van der Waals surface area contributed by atoms with E-state index in [4.69, 9.17) is 11.5 Å². The molecule has 3 heterocycles. The number of fused-ring (bicyclic) bond motifs is 1. The van der Waals surface area contributed by atoms with Gasteiger partial charge in [-0.25, -0.2) is 9.97 Å². The molecule has 1 fully saturated rings. The number of nitrogen functional groups attached to an aromatic ring is 1. The maximum atomic E-state index is 6.12. The minimum atomic E-state index is 0.445. The lowest BCUT2D eigenvalue weighted by molar-refractivity contribution is 0.209. The Morgan fingerprint density at radius 3 is 2.68 bits per heavy atom. The molecule has 1 saturated carbocycles. The Balaban J connectivity index is 1.87. The van der Waals surface area contributed by atoms with Gasteiger partial charge in [0.05, 0.1) is 5.39 Å². The summed E-state index contributed by atoms with van der Waals surface area (Å²) in [5.74, 6) is 1.14. The Labute approximate surface area is 128 Å². The molecule has 0 saturated heterocycles. The smallest absolute Gasteiger partial charge is 0.146 e. The van der Waals surface area contributed by atoms with Crippen LogP contribution in [-0.4, -0.2) is 26.1 Å². The van der Waals surface area contributed by atoms with Gasteiger partial charge in [-0.2, -0.15) is 0 Å². The van der Waals surface area contributed by atoms with Crippen molar-refractivity contribution in [3.8, 4) is 11.1 Å². The van der Waals surface area contributed by atoms with Gasteiger partial charge >= 0.3 is 0 Å². The molecule has 112 valence electrons. The SMILES string of the molecule is NCC1CC(n2cc(-c3ccncc3)c3c(N)ncnc32)C1. The zero-order valence-electron chi connectivity index (χ0n) is 12.2. The molecule has 0 amide bonds. The first kappa shape index (κ1) is 13.2. The summed E-state index contributed by atoms with van der Waals surface area (Å²) < 4.78 is 2.23. The lowest BCUT2D eigenvalue weighted by Gasteiger charge is -2.35. The third-order valence-corrected chi connectivity index (χ3v) is 4.57. The summed E-state index contributed by atoms with van der Waals surface area (Å²) in [5, 5.41) is 0.921. The van der Waals surface area contributed by atoms with Crippen molar-refractivity contribution in [2.24, 2.45) is 11.7 Å². The fourth-order valence-corrected chi connectivity index (χ4v) is 3.26. The topological polar surface area (TPSA) is 95.6 Å². The number of hydrogen-bond acceptors (Lipinski definition) is 5. The summed E-state index contributed by atoms with van der Waals surface area (Å²) in [6.07, 6.45) is 9.44. The van der Waals surface area contributed by atoms with Crippen LogP contribution in [0.2, 0.25) is 0 Å². The molecule has 0 spiro atoms. The van der Waals surface area contributed by atoms with Crippen LogP contribution < -0.4 is 11.5 Å². The van der Waals surface area contributed by atoms with Crippen molar-refractivity contribution in [3.63, 3.8) is 0 Å². The van der Waals surface area contributed by atoms with Gasteiger partial charge in [-0.15, -0.1) is 0 Å². The Morgan fingerprint density at radius 2 is 1.95 bits per heavy atom. The van der Waals surface area contributed by atoms with Crippen LogP contribution in [-0.2, 0) is 0 Å². The molecule has 6 nitrogen and oxygen atoms in total. The zero-order chi connectivity index (χ0) is 15.1. The molecule has 0 aromatic carbocycles. The highest BCUT2D eigenvalue weighted by Crippen LogP contribution is 2.42. The highest BCUT2D eigenvalue weighted by atomic mass is 15.1. The first-order chi connectivity index (χ1) is 10.8. The second-order valence-corrected chi connectivity index (χ2v) is 5.87. The number of rotatable bonds is 3.